The Bertz CT molecular complexity index is 725. The number of benzene rings is 2. The van der Waals surface area contributed by atoms with Crippen molar-refractivity contribution in [2.24, 2.45) is 0 Å². The third-order valence-corrected chi connectivity index (χ3v) is 3.17. The molecular formula is C17H19N3O4. The van der Waals surface area contributed by atoms with Gasteiger partial charge in [-0.3, -0.25) is 0 Å². The second kappa shape index (κ2) is 6.91. The van der Waals surface area contributed by atoms with Gasteiger partial charge in [-0.1, -0.05) is 0 Å². The number of hydrogen-bond acceptors (Lipinski definition) is 4. The summed E-state index contributed by atoms with van der Waals surface area (Å²) in [5.74, 6) is -0.667. The number of ether oxygens (including phenoxy) is 1. The quantitative estimate of drug-likeness (QED) is 0.629. The minimum absolute atomic E-state index is 0.395. The van der Waals surface area contributed by atoms with Gasteiger partial charge in [-0.2, -0.15) is 0 Å². The van der Waals surface area contributed by atoms with E-state index < -0.39 is 17.6 Å². The monoisotopic (exact) mass is 329 g/mol. The van der Waals surface area contributed by atoms with E-state index in [4.69, 9.17) is 15.6 Å². The first-order valence-electron chi connectivity index (χ1n) is 7.22. The molecule has 0 aliphatic heterocycles. The third-order valence-electron chi connectivity index (χ3n) is 3.17. The maximum atomic E-state index is 11.9. The number of nitrogens with one attached hydrogen (secondary N) is 2. The first kappa shape index (κ1) is 17.1. The molecule has 0 spiro atoms. The number of nitrogens with two attached hydrogens (primary N) is 1. The van der Waals surface area contributed by atoms with E-state index in [0.29, 0.717) is 22.8 Å². The average Bonchev–Trinajstić information content (AvgIpc) is 2.51. The maximum Gasteiger partial charge on any atom is 0.347 e. The van der Waals surface area contributed by atoms with Crippen molar-refractivity contribution in [3.8, 4) is 5.75 Å². The van der Waals surface area contributed by atoms with Crippen LogP contribution in [-0.2, 0) is 4.79 Å². The van der Waals surface area contributed by atoms with E-state index in [-0.39, 0.29) is 0 Å². The Morgan fingerprint density at radius 3 is 1.88 bits per heavy atom. The van der Waals surface area contributed by atoms with Gasteiger partial charge >= 0.3 is 12.0 Å². The first-order chi connectivity index (χ1) is 11.3. The van der Waals surface area contributed by atoms with E-state index >= 15 is 0 Å². The molecule has 0 unspecified atom stereocenters. The van der Waals surface area contributed by atoms with Gasteiger partial charge in [-0.25, -0.2) is 9.59 Å². The Kier molecular flexibility index (Phi) is 4.93. The number of urea groups is 1. The van der Waals surface area contributed by atoms with Crippen LogP contribution >= 0.6 is 0 Å². The van der Waals surface area contributed by atoms with Crippen molar-refractivity contribution in [1.29, 1.82) is 0 Å². The van der Waals surface area contributed by atoms with Gasteiger partial charge in [-0.15, -0.1) is 0 Å². The number of hydrogen-bond donors (Lipinski definition) is 4. The summed E-state index contributed by atoms with van der Waals surface area (Å²) in [4.78, 5) is 22.9. The van der Waals surface area contributed by atoms with E-state index in [1.165, 1.54) is 13.8 Å². The zero-order valence-electron chi connectivity index (χ0n) is 13.4. The summed E-state index contributed by atoms with van der Waals surface area (Å²) in [7, 11) is 0. The normalized spacial score (nSPS) is 10.8. The molecule has 0 aliphatic rings. The summed E-state index contributed by atoms with van der Waals surface area (Å²) in [5.41, 5.74) is 6.02. The van der Waals surface area contributed by atoms with Gasteiger partial charge in [-0.05, 0) is 62.4 Å². The lowest BCUT2D eigenvalue weighted by Gasteiger charge is -2.21. The molecule has 0 aromatic heterocycles. The summed E-state index contributed by atoms with van der Waals surface area (Å²) in [6.45, 7) is 2.92. The van der Waals surface area contributed by atoms with Crippen LogP contribution in [0.4, 0.5) is 21.9 Å². The zero-order chi connectivity index (χ0) is 17.7. The van der Waals surface area contributed by atoms with Crippen molar-refractivity contribution in [1.82, 2.24) is 0 Å². The van der Waals surface area contributed by atoms with Crippen molar-refractivity contribution in [3.05, 3.63) is 48.5 Å². The highest BCUT2D eigenvalue weighted by Crippen LogP contribution is 2.21. The molecule has 0 heterocycles. The zero-order valence-corrected chi connectivity index (χ0v) is 13.4. The highest BCUT2D eigenvalue weighted by Gasteiger charge is 2.29. The highest BCUT2D eigenvalue weighted by molar-refractivity contribution is 5.99. The number of carbonyl (C=O) groups excluding carboxylic acids is 1. The largest absolute Gasteiger partial charge is 0.478 e. The maximum absolute atomic E-state index is 11.9. The minimum atomic E-state index is -1.33. The highest BCUT2D eigenvalue weighted by atomic mass is 16.5. The molecule has 0 atom stereocenters. The fourth-order valence-electron chi connectivity index (χ4n) is 1.80. The van der Waals surface area contributed by atoms with Crippen LogP contribution in [0.15, 0.2) is 48.5 Å². The number of anilines is 3. The van der Waals surface area contributed by atoms with E-state index in [9.17, 15) is 9.59 Å². The van der Waals surface area contributed by atoms with Crippen LogP contribution in [0, 0.1) is 0 Å². The number of carboxylic acid groups (broad SMARTS) is 1. The molecule has 2 aromatic rings. The molecule has 0 radical (unpaired) electrons. The molecule has 24 heavy (non-hydrogen) atoms. The lowest BCUT2D eigenvalue weighted by atomic mass is 10.1. The Hall–Kier alpha value is -3.22. The summed E-state index contributed by atoms with van der Waals surface area (Å²) in [6.07, 6.45) is 0. The lowest BCUT2D eigenvalue weighted by Crippen LogP contribution is -2.37. The standard InChI is InChI=1S/C17H19N3O4/c1-17(2,15(21)22)24-14-9-7-13(8-10-14)20-16(23)19-12-5-3-11(18)4-6-12/h3-10H,18H2,1-2H3,(H,21,22)(H2,19,20,23). The number of carboxylic acids is 1. The summed E-state index contributed by atoms with van der Waals surface area (Å²) in [6, 6.07) is 12.8. The van der Waals surface area contributed by atoms with Crippen LogP contribution in [0.1, 0.15) is 13.8 Å². The predicted octanol–water partition coefficient (Wildman–Crippen LogP) is 3.15. The molecule has 126 valence electrons. The molecule has 0 fully saturated rings. The summed E-state index contributed by atoms with van der Waals surface area (Å²) in [5, 5.41) is 14.4. The molecule has 2 rings (SSSR count). The number of rotatable bonds is 5. The van der Waals surface area contributed by atoms with Crippen molar-refractivity contribution >= 4 is 29.1 Å². The number of aliphatic carboxylic acids is 1. The molecule has 0 saturated carbocycles. The molecule has 5 N–H and O–H groups in total. The second-order valence-corrected chi connectivity index (χ2v) is 5.64. The molecule has 2 aromatic carbocycles. The Morgan fingerprint density at radius 1 is 0.958 bits per heavy atom. The van der Waals surface area contributed by atoms with Gasteiger partial charge in [0.05, 0.1) is 0 Å². The number of nitrogen functional groups attached to an aromatic ring is 1. The third kappa shape index (κ3) is 4.64. The van der Waals surface area contributed by atoms with Crippen LogP contribution in [0.25, 0.3) is 0 Å². The molecular weight excluding hydrogens is 310 g/mol. The topological polar surface area (TPSA) is 114 Å². The molecule has 2 amide bonds. The van der Waals surface area contributed by atoms with Gasteiger partial charge in [0.2, 0.25) is 0 Å². The predicted molar refractivity (Wildman–Crippen MR) is 92.3 cm³/mol. The Balaban J connectivity index is 1.94. The van der Waals surface area contributed by atoms with Gasteiger partial charge < -0.3 is 26.2 Å². The number of amides is 2. The summed E-state index contributed by atoms with van der Waals surface area (Å²) >= 11 is 0. The van der Waals surface area contributed by atoms with Gasteiger partial charge in [0, 0.05) is 17.1 Å². The van der Waals surface area contributed by atoms with Crippen LogP contribution in [-0.4, -0.2) is 22.7 Å². The van der Waals surface area contributed by atoms with E-state index in [1.807, 2.05) is 0 Å². The van der Waals surface area contributed by atoms with Crippen LogP contribution in [0.2, 0.25) is 0 Å². The Labute approximate surface area is 139 Å². The fourth-order valence-corrected chi connectivity index (χ4v) is 1.80. The van der Waals surface area contributed by atoms with Gasteiger partial charge in [0.25, 0.3) is 0 Å². The van der Waals surface area contributed by atoms with Crippen molar-refractivity contribution < 1.29 is 19.4 Å². The van der Waals surface area contributed by atoms with Crippen molar-refractivity contribution in [2.75, 3.05) is 16.4 Å². The van der Waals surface area contributed by atoms with E-state index in [2.05, 4.69) is 10.6 Å². The van der Waals surface area contributed by atoms with E-state index in [0.717, 1.165) is 0 Å². The smallest absolute Gasteiger partial charge is 0.347 e. The van der Waals surface area contributed by atoms with Crippen molar-refractivity contribution in [2.45, 2.75) is 19.4 Å². The first-order valence-corrected chi connectivity index (χ1v) is 7.22. The van der Waals surface area contributed by atoms with Gasteiger partial charge in [0.1, 0.15) is 5.75 Å². The number of carbonyl (C=O) groups is 2. The van der Waals surface area contributed by atoms with Crippen LogP contribution in [0.5, 0.6) is 5.75 Å². The Morgan fingerprint density at radius 2 is 1.42 bits per heavy atom. The average molecular weight is 329 g/mol. The van der Waals surface area contributed by atoms with Gasteiger partial charge in [0.15, 0.2) is 5.60 Å². The molecule has 7 nitrogen and oxygen atoms in total. The summed E-state index contributed by atoms with van der Waals surface area (Å²) < 4.78 is 5.39. The van der Waals surface area contributed by atoms with E-state index in [1.54, 1.807) is 48.5 Å². The fraction of sp³-hybridized carbons (Fsp3) is 0.176. The van der Waals surface area contributed by atoms with Crippen LogP contribution in [0.3, 0.4) is 0 Å². The second-order valence-electron chi connectivity index (χ2n) is 5.64. The van der Waals surface area contributed by atoms with Crippen molar-refractivity contribution in [3.63, 3.8) is 0 Å². The lowest BCUT2D eigenvalue weighted by molar-refractivity contribution is -0.152. The minimum Gasteiger partial charge on any atom is -0.478 e. The molecule has 0 bridgehead atoms. The molecule has 0 aliphatic carbocycles. The van der Waals surface area contributed by atoms with Crippen LogP contribution < -0.4 is 21.1 Å². The molecule has 0 saturated heterocycles. The SMILES string of the molecule is CC(C)(Oc1ccc(NC(=O)Nc2ccc(N)cc2)cc1)C(=O)O. The molecule has 7 heteroatoms.